The Morgan fingerprint density at radius 3 is 2.00 bits per heavy atom. The van der Waals surface area contributed by atoms with Gasteiger partial charge in [-0.1, -0.05) is 23.2 Å². The van der Waals surface area contributed by atoms with Crippen molar-refractivity contribution >= 4 is 34.6 Å². The molecular weight excluding hydrogens is 321 g/mol. The summed E-state index contributed by atoms with van der Waals surface area (Å²) in [6.45, 7) is 0. The van der Waals surface area contributed by atoms with E-state index in [-0.39, 0.29) is 0 Å². The Morgan fingerprint density at radius 2 is 1.36 bits per heavy atom. The molecule has 0 saturated carbocycles. The summed E-state index contributed by atoms with van der Waals surface area (Å²) >= 11 is 11.7. The number of nitrogens with one attached hydrogen (secondary N) is 1. The van der Waals surface area contributed by atoms with E-state index in [1.807, 2.05) is 12.1 Å². The third-order valence-corrected chi connectivity index (χ3v) is 3.54. The van der Waals surface area contributed by atoms with Gasteiger partial charge in [0.05, 0.1) is 0 Å². The quantitative estimate of drug-likeness (QED) is 0.702. The first-order chi connectivity index (χ1) is 10.6. The van der Waals surface area contributed by atoms with Crippen molar-refractivity contribution in [2.75, 3.05) is 5.32 Å². The second-order valence-corrected chi connectivity index (χ2v) is 5.54. The third-order valence-electron chi connectivity index (χ3n) is 3.03. The fourth-order valence-electron chi connectivity index (χ4n) is 2.01. The Balaban J connectivity index is 1.94. The van der Waals surface area contributed by atoms with Gasteiger partial charge in [-0.15, -0.1) is 0 Å². The molecule has 0 aliphatic heterocycles. The summed E-state index contributed by atoms with van der Waals surface area (Å²) in [5.41, 5.74) is 1.82. The molecule has 2 aromatic carbocycles. The van der Waals surface area contributed by atoms with Gasteiger partial charge in [0.1, 0.15) is 5.76 Å². The van der Waals surface area contributed by atoms with Crippen LogP contribution in [0.25, 0.3) is 11.3 Å². The number of hydrogen-bond acceptors (Lipinski definition) is 3. The summed E-state index contributed by atoms with van der Waals surface area (Å²) in [5, 5.41) is 4.43. The molecule has 0 fully saturated rings. The standard InChI is InChI=1S/C17H11Cl2NO2/c18-12-3-1-11(2-4-12)16-9-15(10-17(21)22-16)20-14-7-5-13(19)6-8-14/h1-10,20H. The predicted molar refractivity (Wildman–Crippen MR) is 90.2 cm³/mol. The average molecular weight is 332 g/mol. The summed E-state index contributed by atoms with van der Waals surface area (Å²) in [6.07, 6.45) is 0. The first-order valence-electron chi connectivity index (χ1n) is 6.54. The Bertz CT molecular complexity index is 840. The van der Waals surface area contributed by atoms with Crippen LogP contribution in [0.1, 0.15) is 0 Å². The fourth-order valence-corrected chi connectivity index (χ4v) is 2.26. The van der Waals surface area contributed by atoms with Crippen LogP contribution in [0.3, 0.4) is 0 Å². The smallest absolute Gasteiger partial charge is 0.338 e. The van der Waals surface area contributed by atoms with Crippen LogP contribution in [0.4, 0.5) is 11.4 Å². The number of benzene rings is 2. The van der Waals surface area contributed by atoms with Gasteiger partial charge in [-0.2, -0.15) is 0 Å². The first-order valence-corrected chi connectivity index (χ1v) is 7.29. The molecule has 0 spiro atoms. The van der Waals surface area contributed by atoms with Crippen molar-refractivity contribution < 1.29 is 4.42 Å². The van der Waals surface area contributed by atoms with E-state index in [2.05, 4.69) is 5.32 Å². The van der Waals surface area contributed by atoms with Crippen molar-refractivity contribution in [3.8, 4) is 11.3 Å². The lowest BCUT2D eigenvalue weighted by Gasteiger charge is -2.07. The van der Waals surface area contributed by atoms with Gasteiger partial charge in [0.25, 0.3) is 0 Å². The van der Waals surface area contributed by atoms with Gasteiger partial charge in [-0.05, 0) is 48.5 Å². The Morgan fingerprint density at radius 1 is 0.773 bits per heavy atom. The molecule has 1 heterocycles. The van der Waals surface area contributed by atoms with Crippen molar-refractivity contribution in [3.63, 3.8) is 0 Å². The minimum atomic E-state index is -0.427. The molecule has 110 valence electrons. The molecule has 3 aromatic rings. The lowest BCUT2D eigenvalue weighted by atomic mass is 10.1. The van der Waals surface area contributed by atoms with Crippen LogP contribution in [-0.2, 0) is 0 Å². The number of hydrogen-bond donors (Lipinski definition) is 1. The molecule has 1 N–H and O–H groups in total. The molecule has 5 heteroatoms. The Hall–Kier alpha value is -2.23. The van der Waals surface area contributed by atoms with E-state index in [1.165, 1.54) is 6.07 Å². The predicted octanol–water partition coefficient (Wildman–Crippen LogP) is 5.36. The van der Waals surface area contributed by atoms with Crippen molar-refractivity contribution in [3.05, 3.63) is 81.1 Å². The van der Waals surface area contributed by atoms with Crippen LogP contribution in [-0.4, -0.2) is 0 Å². The Labute approximate surface area is 137 Å². The number of halogens is 2. The highest BCUT2D eigenvalue weighted by atomic mass is 35.5. The zero-order valence-electron chi connectivity index (χ0n) is 11.3. The van der Waals surface area contributed by atoms with Crippen molar-refractivity contribution in [1.29, 1.82) is 0 Å². The monoisotopic (exact) mass is 331 g/mol. The topological polar surface area (TPSA) is 42.2 Å². The zero-order chi connectivity index (χ0) is 15.5. The van der Waals surface area contributed by atoms with E-state index in [1.54, 1.807) is 42.5 Å². The van der Waals surface area contributed by atoms with Crippen molar-refractivity contribution in [1.82, 2.24) is 0 Å². The van der Waals surface area contributed by atoms with Gasteiger partial charge < -0.3 is 9.73 Å². The molecule has 0 radical (unpaired) electrons. The number of anilines is 2. The second kappa shape index (κ2) is 6.26. The first kappa shape index (κ1) is 14.7. The van der Waals surface area contributed by atoms with Gasteiger partial charge in [0.2, 0.25) is 0 Å². The maximum absolute atomic E-state index is 11.7. The molecule has 1 aromatic heterocycles. The largest absolute Gasteiger partial charge is 0.423 e. The summed E-state index contributed by atoms with van der Waals surface area (Å²) in [5.74, 6) is 0.473. The summed E-state index contributed by atoms with van der Waals surface area (Å²) < 4.78 is 5.24. The van der Waals surface area contributed by atoms with Crippen LogP contribution in [0, 0.1) is 0 Å². The maximum Gasteiger partial charge on any atom is 0.338 e. The van der Waals surface area contributed by atoms with E-state index in [0.717, 1.165) is 11.3 Å². The minimum Gasteiger partial charge on any atom is -0.423 e. The van der Waals surface area contributed by atoms with Gasteiger partial charge in [0.15, 0.2) is 0 Å². The lowest BCUT2D eigenvalue weighted by Crippen LogP contribution is -2.01. The molecule has 0 amide bonds. The van der Waals surface area contributed by atoms with E-state index in [0.29, 0.717) is 21.5 Å². The third kappa shape index (κ3) is 3.50. The molecule has 0 saturated heterocycles. The van der Waals surface area contributed by atoms with Crippen LogP contribution in [0.2, 0.25) is 10.0 Å². The SMILES string of the molecule is O=c1cc(Nc2ccc(Cl)cc2)cc(-c2ccc(Cl)cc2)o1. The summed E-state index contributed by atoms with van der Waals surface area (Å²) in [6, 6.07) is 17.5. The van der Waals surface area contributed by atoms with Crippen LogP contribution in [0.5, 0.6) is 0 Å². The maximum atomic E-state index is 11.7. The van der Waals surface area contributed by atoms with Gasteiger partial charge in [0, 0.05) is 39.1 Å². The Kier molecular flexibility index (Phi) is 4.18. The fraction of sp³-hybridized carbons (Fsp3) is 0. The molecule has 0 unspecified atom stereocenters. The second-order valence-electron chi connectivity index (χ2n) is 4.67. The molecule has 22 heavy (non-hydrogen) atoms. The van der Waals surface area contributed by atoms with E-state index in [9.17, 15) is 4.79 Å². The molecule has 3 rings (SSSR count). The van der Waals surface area contributed by atoms with Crippen LogP contribution < -0.4 is 10.9 Å². The van der Waals surface area contributed by atoms with E-state index >= 15 is 0 Å². The highest BCUT2D eigenvalue weighted by Crippen LogP contribution is 2.25. The molecular formula is C17H11Cl2NO2. The van der Waals surface area contributed by atoms with Crippen molar-refractivity contribution in [2.24, 2.45) is 0 Å². The zero-order valence-corrected chi connectivity index (χ0v) is 12.9. The van der Waals surface area contributed by atoms with Gasteiger partial charge >= 0.3 is 5.63 Å². The van der Waals surface area contributed by atoms with Crippen molar-refractivity contribution in [2.45, 2.75) is 0 Å². The molecule has 0 aliphatic carbocycles. The highest BCUT2D eigenvalue weighted by molar-refractivity contribution is 6.30. The lowest BCUT2D eigenvalue weighted by molar-refractivity contribution is 0.527. The van der Waals surface area contributed by atoms with E-state index < -0.39 is 5.63 Å². The summed E-state index contributed by atoms with van der Waals surface area (Å²) in [4.78, 5) is 11.7. The van der Waals surface area contributed by atoms with Crippen LogP contribution >= 0.6 is 23.2 Å². The highest BCUT2D eigenvalue weighted by Gasteiger charge is 2.05. The van der Waals surface area contributed by atoms with Gasteiger partial charge in [-0.25, -0.2) is 4.79 Å². The molecule has 0 bridgehead atoms. The van der Waals surface area contributed by atoms with Crippen LogP contribution in [0.15, 0.2) is 69.9 Å². The van der Waals surface area contributed by atoms with Gasteiger partial charge in [-0.3, -0.25) is 0 Å². The van der Waals surface area contributed by atoms with E-state index in [4.69, 9.17) is 27.6 Å². The average Bonchev–Trinajstić information content (AvgIpc) is 2.50. The normalized spacial score (nSPS) is 10.5. The molecule has 0 atom stereocenters. The molecule has 3 nitrogen and oxygen atoms in total. The minimum absolute atomic E-state index is 0.427. The molecule has 0 aliphatic rings. The number of rotatable bonds is 3. The summed E-state index contributed by atoms with van der Waals surface area (Å²) in [7, 11) is 0.